The van der Waals surface area contributed by atoms with Crippen molar-refractivity contribution in [2.45, 2.75) is 39.7 Å². The molecule has 0 aliphatic rings. The summed E-state index contributed by atoms with van der Waals surface area (Å²) in [7, 11) is 1.91. The quantitative estimate of drug-likeness (QED) is 0.701. The lowest BCUT2D eigenvalue weighted by Gasteiger charge is -2.15. The molecule has 0 aromatic carbocycles. The Hall–Kier alpha value is -2.44. The number of hydrogen-bond acceptors (Lipinski definition) is 4. The molecule has 0 saturated heterocycles. The van der Waals surface area contributed by atoms with E-state index in [0.717, 1.165) is 30.3 Å². The number of hydrogen-bond donors (Lipinski definition) is 0. The minimum absolute atomic E-state index is 0.0494. The van der Waals surface area contributed by atoms with Crippen molar-refractivity contribution in [1.29, 1.82) is 0 Å². The predicted octanol–water partition coefficient (Wildman–Crippen LogP) is 2.40. The van der Waals surface area contributed by atoms with Crippen LogP contribution in [0.1, 0.15) is 44.9 Å². The Morgan fingerprint density at radius 3 is 2.57 bits per heavy atom. The fourth-order valence-electron chi connectivity index (χ4n) is 2.73. The van der Waals surface area contributed by atoms with Crippen molar-refractivity contribution in [1.82, 2.24) is 34.3 Å². The lowest BCUT2D eigenvalue weighted by Crippen LogP contribution is -2.17. The van der Waals surface area contributed by atoms with Gasteiger partial charge in [-0.2, -0.15) is 14.9 Å². The van der Waals surface area contributed by atoms with Crippen molar-refractivity contribution in [2.24, 2.45) is 13.0 Å². The summed E-state index contributed by atoms with van der Waals surface area (Å²) in [5.74, 6) is 3.18. The van der Waals surface area contributed by atoms with E-state index in [4.69, 9.17) is 10.1 Å². The maximum Gasteiger partial charge on any atom is 0.159 e. The first kappa shape index (κ1) is 15.5. The number of aryl methyl sites for hydroxylation is 1. The number of rotatable bonds is 6. The molecule has 7 heteroatoms. The minimum atomic E-state index is 0.0494. The van der Waals surface area contributed by atoms with Crippen LogP contribution in [0.15, 0.2) is 30.7 Å². The Labute approximate surface area is 136 Å². The van der Waals surface area contributed by atoms with E-state index in [0.29, 0.717) is 5.92 Å². The second-order valence-electron chi connectivity index (χ2n) is 6.12. The van der Waals surface area contributed by atoms with E-state index >= 15 is 0 Å². The fraction of sp³-hybridized carbons (Fsp3) is 0.500. The third kappa shape index (κ3) is 3.04. The van der Waals surface area contributed by atoms with Gasteiger partial charge in [-0.05, 0) is 18.4 Å². The van der Waals surface area contributed by atoms with Gasteiger partial charge in [0.1, 0.15) is 6.04 Å². The van der Waals surface area contributed by atoms with E-state index in [2.05, 4.69) is 31.0 Å². The molecule has 0 aliphatic carbocycles. The van der Waals surface area contributed by atoms with Crippen LogP contribution in [0.2, 0.25) is 0 Å². The summed E-state index contributed by atoms with van der Waals surface area (Å²) < 4.78 is 5.66. The highest BCUT2D eigenvalue weighted by Crippen LogP contribution is 2.23. The fourth-order valence-corrected chi connectivity index (χ4v) is 2.73. The molecule has 0 spiro atoms. The van der Waals surface area contributed by atoms with Gasteiger partial charge in [0.25, 0.3) is 0 Å². The zero-order valence-corrected chi connectivity index (χ0v) is 14.1. The van der Waals surface area contributed by atoms with Crippen LogP contribution in [0.3, 0.4) is 0 Å². The average molecular weight is 313 g/mol. The first-order chi connectivity index (χ1) is 11.1. The van der Waals surface area contributed by atoms with Gasteiger partial charge in [0.15, 0.2) is 17.5 Å². The molecule has 0 amide bonds. The van der Waals surface area contributed by atoms with Crippen molar-refractivity contribution in [3.63, 3.8) is 0 Å². The molecule has 3 rings (SSSR count). The van der Waals surface area contributed by atoms with Crippen LogP contribution < -0.4 is 0 Å². The molecule has 0 saturated carbocycles. The second kappa shape index (κ2) is 6.36. The lowest BCUT2D eigenvalue weighted by atomic mass is 10.1. The zero-order valence-electron chi connectivity index (χ0n) is 14.1. The highest BCUT2D eigenvalue weighted by Gasteiger charge is 2.23. The van der Waals surface area contributed by atoms with Crippen molar-refractivity contribution in [3.8, 4) is 5.82 Å². The molecular formula is C16H23N7. The second-order valence-corrected chi connectivity index (χ2v) is 6.12. The molecule has 7 nitrogen and oxygen atoms in total. The molecular weight excluding hydrogens is 290 g/mol. The molecule has 0 fully saturated rings. The average Bonchev–Trinajstić information content (AvgIpc) is 3.21. The number of nitrogens with zero attached hydrogens (tertiary/aromatic N) is 7. The van der Waals surface area contributed by atoms with Crippen LogP contribution in [0.25, 0.3) is 5.82 Å². The molecule has 3 aromatic heterocycles. The Kier molecular flexibility index (Phi) is 4.27. The molecule has 23 heavy (non-hydrogen) atoms. The Bertz CT molecular complexity index is 751. The maximum absolute atomic E-state index is 4.82. The van der Waals surface area contributed by atoms with Gasteiger partial charge in [-0.25, -0.2) is 4.98 Å². The molecule has 0 aliphatic heterocycles. The third-order valence-corrected chi connectivity index (χ3v) is 3.81. The highest BCUT2D eigenvalue weighted by molar-refractivity contribution is 5.23. The summed E-state index contributed by atoms with van der Waals surface area (Å²) in [5.41, 5.74) is 0. The van der Waals surface area contributed by atoms with Gasteiger partial charge >= 0.3 is 0 Å². The van der Waals surface area contributed by atoms with Gasteiger partial charge in [0, 0.05) is 31.9 Å². The van der Waals surface area contributed by atoms with Crippen LogP contribution in [-0.4, -0.2) is 34.3 Å². The SMILES string of the molecule is CCC(c1nc(CC(C)C)nn1-c1ccnn1C)n1cccn1. The maximum atomic E-state index is 4.82. The van der Waals surface area contributed by atoms with E-state index in [1.165, 1.54) is 0 Å². The van der Waals surface area contributed by atoms with Gasteiger partial charge in [-0.1, -0.05) is 20.8 Å². The highest BCUT2D eigenvalue weighted by atomic mass is 15.4. The van der Waals surface area contributed by atoms with Crippen molar-refractivity contribution in [3.05, 3.63) is 42.4 Å². The topological polar surface area (TPSA) is 66.3 Å². The van der Waals surface area contributed by atoms with E-state index in [9.17, 15) is 0 Å². The summed E-state index contributed by atoms with van der Waals surface area (Å²) in [6, 6.07) is 3.93. The first-order valence-corrected chi connectivity index (χ1v) is 8.03. The predicted molar refractivity (Wildman–Crippen MR) is 87.3 cm³/mol. The minimum Gasteiger partial charge on any atom is -0.262 e. The van der Waals surface area contributed by atoms with Crippen molar-refractivity contribution < 1.29 is 0 Å². The van der Waals surface area contributed by atoms with E-state index in [-0.39, 0.29) is 6.04 Å². The summed E-state index contributed by atoms with van der Waals surface area (Å²) in [6.45, 7) is 6.49. The third-order valence-electron chi connectivity index (χ3n) is 3.81. The van der Waals surface area contributed by atoms with Crippen LogP contribution >= 0.6 is 0 Å². The Balaban J connectivity index is 2.10. The first-order valence-electron chi connectivity index (χ1n) is 8.03. The summed E-state index contributed by atoms with van der Waals surface area (Å²) in [6.07, 6.45) is 7.28. The lowest BCUT2D eigenvalue weighted by molar-refractivity contribution is 0.470. The summed E-state index contributed by atoms with van der Waals surface area (Å²) in [4.78, 5) is 4.82. The zero-order chi connectivity index (χ0) is 16.4. The van der Waals surface area contributed by atoms with Gasteiger partial charge < -0.3 is 0 Å². The van der Waals surface area contributed by atoms with E-state index in [1.807, 2.05) is 39.4 Å². The van der Waals surface area contributed by atoms with Gasteiger partial charge in [-0.3, -0.25) is 9.36 Å². The van der Waals surface area contributed by atoms with Crippen LogP contribution in [0.5, 0.6) is 0 Å². The number of aromatic nitrogens is 7. The molecule has 1 atom stereocenters. The molecule has 0 N–H and O–H groups in total. The normalized spacial score (nSPS) is 12.9. The largest absolute Gasteiger partial charge is 0.262 e. The Morgan fingerprint density at radius 1 is 1.17 bits per heavy atom. The molecule has 1 unspecified atom stereocenters. The summed E-state index contributed by atoms with van der Waals surface area (Å²) >= 11 is 0. The standard InChI is InChI=1S/C16H23N7/c1-5-13(22-10-6-8-18-22)16-19-14(11-12(2)3)20-23(16)15-7-9-17-21(15)4/h6-10,12-13H,5,11H2,1-4H3. The molecule has 0 radical (unpaired) electrons. The molecule has 3 aromatic rings. The van der Waals surface area contributed by atoms with Crippen molar-refractivity contribution in [2.75, 3.05) is 0 Å². The van der Waals surface area contributed by atoms with Crippen LogP contribution in [0.4, 0.5) is 0 Å². The van der Waals surface area contributed by atoms with Crippen LogP contribution in [0, 0.1) is 5.92 Å². The smallest absolute Gasteiger partial charge is 0.159 e. The van der Waals surface area contributed by atoms with Crippen molar-refractivity contribution >= 4 is 0 Å². The van der Waals surface area contributed by atoms with E-state index < -0.39 is 0 Å². The monoisotopic (exact) mass is 313 g/mol. The van der Waals surface area contributed by atoms with E-state index in [1.54, 1.807) is 12.4 Å². The summed E-state index contributed by atoms with van der Waals surface area (Å²) in [5, 5.41) is 13.4. The molecule has 122 valence electrons. The Morgan fingerprint density at radius 2 is 2.00 bits per heavy atom. The van der Waals surface area contributed by atoms with Gasteiger partial charge in [0.05, 0.1) is 6.20 Å². The van der Waals surface area contributed by atoms with Gasteiger partial charge in [-0.15, -0.1) is 5.10 Å². The molecule has 0 bridgehead atoms. The van der Waals surface area contributed by atoms with Gasteiger partial charge in [0.2, 0.25) is 0 Å². The van der Waals surface area contributed by atoms with Crippen LogP contribution in [-0.2, 0) is 13.5 Å². The molecule has 3 heterocycles.